The Kier molecular flexibility index (Phi) is 4.37. The van der Waals surface area contributed by atoms with Crippen LogP contribution in [0.5, 0.6) is 5.75 Å². The van der Waals surface area contributed by atoms with Crippen molar-refractivity contribution in [3.05, 3.63) is 27.3 Å². The minimum absolute atomic E-state index is 0.107. The molecule has 9 nitrogen and oxygen atoms in total. The van der Waals surface area contributed by atoms with E-state index in [1.54, 1.807) is 18.2 Å². The summed E-state index contributed by atoms with van der Waals surface area (Å²) in [7, 11) is -5.97. The summed E-state index contributed by atoms with van der Waals surface area (Å²) in [5.41, 5.74) is 0.226. The van der Waals surface area contributed by atoms with Gasteiger partial charge in [0.1, 0.15) is 29.6 Å². The van der Waals surface area contributed by atoms with Crippen LogP contribution in [0.4, 0.5) is 8.78 Å². The van der Waals surface area contributed by atoms with Crippen LogP contribution in [-0.4, -0.2) is 54.3 Å². The number of esters is 2. The second-order valence-electron chi connectivity index (χ2n) is 6.48. The van der Waals surface area contributed by atoms with Crippen LogP contribution in [-0.2, 0) is 29.1 Å². The third-order valence-electron chi connectivity index (χ3n) is 4.71. The van der Waals surface area contributed by atoms with Gasteiger partial charge in [-0.2, -0.15) is 17.2 Å². The van der Waals surface area contributed by atoms with Crippen LogP contribution in [0.1, 0.15) is 23.2 Å². The number of benzene rings is 1. The molecule has 28 heavy (non-hydrogen) atoms. The first-order chi connectivity index (χ1) is 12.9. The van der Waals surface area contributed by atoms with Crippen molar-refractivity contribution in [3.63, 3.8) is 0 Å². The summed E-state index contributed by atoms with van der Waals surface area (Å²) in [6, 6.07) is 4.88. The summed E-state index contributed by atoms with van der Waals surface area (Å²) in [5.74, 6) is -4.26. The molecule has 1 N–H and O–H groups in total. The molecule has 4 atom stereocenters. The van der Waals surface area contributed by atoms with E-state index in [1.807, 2.05) is 22.6 Å². The molecule has 2 bridgehead atoms. The highest BCUT2D eigenvalue weighted by Gasteiger charge is 2.65. The van der Waals surface area contributed by atoms with Gasteiger partial charge in [-0.15, -0.1) is 0 Å². The monoisotopic (exact) mass is 532 g/mol. The number of rotatable bonds is 3. The van der Waals surface area contributed by atoms with Crippen molar-refractivity contribution in [3.8, 4) is 5.75 Å². The van der Waals surface area contributed by atoms with Crippen molar-refractivity contribution in [1.29, 1.82) is 0 Å². The summed E-state index contributed by atoms with van der Waals surface area (Å²) in [6.07, 6.45) is -3.35. The Morgan fingerprint density at radius 3 is 2.68 bits per heavy atom. The number of ether oxygens (including phenoxy) is 4. The van der Waals surface area contributed by atoms with E-state index in [1.165, 1.54) is 0 Å². The van der Waals surface area contributed by atoms with Gasteiger partial charge >= 0.3 is 27.3 Å². The number of hydrogen-bond donors (Lipinski definition) is 1. The lowest BCUT2D eigenvalue weighted by molar-refractivity contribution is -0.191. The Bertz CT molecular complexity index is 982. The molecular weight excluding hydrogens is 521 g/mol. The molecule has 3 aliphatic heterocycles. The van der Waals surface area contributed by atoms with Crippen LogP contribution < -0.4 is 4.74 Å². The SMILES string of the molecule is O=C1OC2(CC3OC2CC3OC(=O)C(F)(F)S(=O)(=O)O)Oc2cc(I)ccc21. The average Bonchev–Trinajstić information content (AvgIpc) is 3.10. The third-order valence-corrected chi connectivity index (χ3v) is 6.19. The number of halogens is 3. The van der Waals surface area contributed by atoms with Crippen molar-refractivity contribution in [2.45, 2.75) is 42.2 Å². The van der Waals surface area contributed by atoms with Gasteiger partial charge in [-0.05, 0) is 40.8 Å². The first-order valence-electron chi connectivity index (χ1n) is 7.86. The van der Waals surface area contributed by atoms with Crippen LogP contribution >= 0.6 is 22.6 Å². The molecule has 0 aromatic heterocycles. The van der Waals surface area contributed by atoms with Gasteiger partial charge in [0.25, 0.3) is 5.79 Å². The van der Waals surface area contributed by atoms with Gasteiger partial charge in [-0.3, -0.25) is 4.55 Å². The standard InChI is InChI=1S/C15H11F2IO9S/c16-15(17,28(21,22)23)13(20)25-9-4-11-14(5-10(9)24-11)26-8-3-6(18)1-2-7(8)12(19)27-14/h1-3,9-11H,4-5H2,(H,21,22,23). The van der Waals surface area contributed by atoms with E-state index >= 15 is 0 Å². The van der Waals surface area contributed by atoms with E-state index in [-0.39, 0.29) is 24.2 Å². The van der Waals surface area contributed by atoms with E-state index in [0.29, 0.717) is 0 Å². The first kappa shape index (κ1) is 19.7. The zero-order chi connectivity index (χ0) is 20.5. The maximum Gasteiger partial charge on any atom is 0.465 e. The molecule has 0 radical (unpaired) electrons. The molecule has 0 amide bonds. The molecule has 3 heterocycles. The largest absolute Gasteiger partial charge is 0.465 e. The predicted octanol–water partition coefficient (Wildman–Crippen LogP) is 1.49. The molecule has 1 aromatic rings. The van der Waals surface area contributed by atoms with Gasteiger partial charge < -0.3 is 18.9 Å². The molecule has 2 fully saturated rings. The maximum atomic E-state index is 13.4. The van der Waals surface area contributed by atoms with Crippen molar-refractivity contribution in [2.75, 3.05) is 0 Å². The van der Waals surface area contributed by atoms with Crippen LogP contribution in [0.15, 0.2) is 18.2 Å². The first-order valence-corrected chi connectivity index (χ1v) is 10.4. The summed E-state index contributed by atoms with van der Waals surface area (Å²) in [5, 5.41) is -5.10. The lowest BCUT2D eigenvalue weighted by Gasteiger charge is -2.39. The van der Waals surface area contributed by atoms with Crippen LogP contribution in [0.2, 0.25) is 0 Å². The molecule has 4 unspecified atom stereocenters. The Morgan fingerprint density at radius 1 is 1.36 bits per heavy atom. The fourth-order valence-electron chi connectivity index (χ4n) is 3.41. The normalized spacial score (nSPS) is 31.3. The van der Waals surface area contributed by atoms with Gasteiger partial charge in [0.05, 0.1) is 6.42 Å². The smallest absolute Gasteiger partial charge is 0.454 e. The maximum absolute atomic E-state index is 13.4. The third kappa shape index (κ3) is 2.95. The molecule has 2 saturated heterocycles. The second-order valence-corrected chi connectivity index (χ2v) is 9.19. The summed E-state index contributed by atoms with van der Waals surface area (Å²) < 4.78 is 78.6. The van der Waals surface area contributed by atoms with Crippen LogP contribution in [0.3, 0.4) is 0 Å². The lowest BCUT2D eigenvalue weighted by atomic mass is 9.90. The van der Waals surface area contributed by atoms with E-state index < -0.39 is 51.4 Å². The molecule has 13 heteroatoms. The van der Waals surface area contributed by atoms with Gasteiger partial charge in [0.2, 0.25) is 0 Å². The minimum Gasteiger partial charge on any atom is -0.454 e. The molecule has 4 rings (SSSR count). The number of carbonyl (C=O) groups excluding carboxylic acids is 2. The zero-order valence-electron chi connectivity index (χ0n) is 13.6. The van der Waals surface area contributed by atoms with E-state index in [2.05, 4.69) is 4.74 Å². The number of hydrogen-bond acceptors (Lipinski definition) is 8. The highest BCUT2D eigenvalue weighted by Crippen LogP contribution is 2.49. The molecule has 1 aromatic carbocycles. The Balaban J connectivity index is 1.51. The molecular formula is C15H11F2IO9S. The average molecular weight is 532 g/mol. The Hall–Kier alpha value is -1.58. The minimum atomic E-state index is -5.97. The molecule has 0 aliphatic carbocycles. The fraction of sp³-hybridized carbons (Fsp3) is 0.467. The lowest BCUT2D eigenvalue weighted by Crippen LogP contribution is -2.54. The Labute approximate surface area is 170 Å². The zero-order valence-corrected chi connectivity index (χ0v) is 16.6. The quantitative estimate of drug-likeness (QED) is 0.350. The van der Waals surface area contributed by atoms with Crippen LogP contribution in [0, 0.1) is 3.57 Å². The van der Waals surface area contributed by atoms with Crippen molar-refractivity contribution >= 4 is 44.6 Å². The van der Waals surface area contributed by atoms with Crippen molar-refractivity contribution in [2.24, 2.45) is 0 Å². The van der Waals surface area contributed by atoms with Gasteiger partial charge in [0, 0.05) is 9.99 Å². The number of carbonyl (C=O) groups is 2. The topological polar surface area (TPSA) is 125 Å². The van der Waals surface area contributed by atoms with Crippen molar-refractivity contribution in [1.82, 2.24) is 0 Å². The summed E-state index contributed by atoms with van der Waals surface area (Å²) in [6.45, 7) is 0. The number of alkyl halides is 2. The molecule has 1 spiro atoms. The Morgan fingerprint density at radius 2 is 2.07 bits per heavy atom. The van der Waals surface area contributed by atoms with Gasteiger partial charge in [-0.1, -0.05) is 0 Å². The molecule has 3 aliphatic rings. The van der Waals surface area contributed by atoms with E-state index in [4.69, 9.17) is 18.8 Å². The van der Waals surface area contributed by atoms with Gasteiger partial charge in [-0.25, -0.2) is 9.59 Å². The second kappa shape index (κ2) is 6.21. The fourth-order valence-corrected chi connectivity index (χ4v) is 4.13. The molecule has 152 valence electrons. The van der Waals surface area contributed by atoms with Gasteiger partial charge in [0.15, 0.2) is 0 Å². The van der Waals surface area contributed by atoms with E-state index in [0.717, 1.165) is 3.57 Å². The highest BCUT2D eigenvalue weighted by molar-refractivity contribution is 14.1. The number of fused-ring (bicyclic) bond motifs is 4. The molecule has 0 saturated carbocycles. The van der Waals surface area contributed by atoms with Crippen LogP contribution in [0.25, 0.3) is 0 Å². The summed E-state index contributed by atoms with van der Waals surface area (Å²) >= 11 is 2.04. The van der Waals surface area contributed by atoms with E-state index in [9.17, 15) is 26.8 Å². The van der Waals surface area contributed by atoms with Crippen molar-refractivity contribution < 1.29 is 50.3 Å². The summed E-state index contributed by atoms with van der Waals surface area (Å²) in [4.78, 5) is 23.8. The predicted molar refractivity (Wildman–Crippen MR) is 92.2 cm³/mol. The highest BCUT2D eigenvalue weighted by atomic mass is 127.